The third-order valence-corrected chi connectivity index (χ3v) is 10.9. The normalized spacial score (nSPS) is 14.2. The molecule has 0 radical (unpaired) electrons. The van der Waals surface area contributed by atoms with Crippen molar-refractivity contribution in [2.24, 2.45) is 0 Å². The third-order valence-electron chi connectivity index (χ3n) is 10.9. The van der Waals surface area contributed by atoms with Gasteiger partial charge in [0, 0.05) is 38.4 Å². The van der Waals surface area contributed by atoms with Crippen LogP contribution in [0.5, 0.6) is 0 Å². The van der Waals surface area contributed by atoms with Gasteiger partial charge in [-0.1, -0.05) is 135 Å². The van der Waals surface area contributed by atoms with Crippen molar-refractivity contribution in [3.8, 4) is 22.3 Å². The summed E-state index contributed by atoms with van der Waals surface area (Å²) in [5, 5.41) is 6.04. The predicted molar refractivity (Wildman–Crippen MR) is 206 cm³/mol. The lowest BCUT2D eigenvalue weighted by Crippen LogP contribution is -2.16. The molecule has 2 aliphatic carbocycles. The molecule has 49 heavy (non-hydrogen) atoms. The summed E-state index contributed by atoms with van der Waals surface area (Å²) >= 11 is 0. The maximum Gasteiger partial charge on any atom is 0.143 e. The number of hydrogen-bond acceptors (Lipinski definition) is 2. The highest BCUT2D eigenvalue weighted by atomic mass is 16.3. The average Bonchev–Trinajstić information content (AvgIpc) is 3.64. The number of nitrogens with zero attached hydrogens (tertiary/aromatic N) is 1. The zero-order valence-electron chi connectivity index (χ0n) is 27.7. The highest BCUT2D eigenvalue weighted by molar-refractivity contribution is 6.14. The van der Waals surface area contributed by atoms with Crippen LogP contribution in [0.3, 0.4) is 0 Å². The smallest absolute Gasteiger partial charge is 0.143 e. The Morgan fingerprint density at radius 3 is 2.16 bits per heavy atom. The standard InChI is InChI=1S/C47H35NO/c1-47(2)40-21-9-7-19-38(40)45-41(47)22-12-23-42(45)48(32-27-25-31(26-28-32)34-20-11-14-30-13-3-4-15-33(30)34)43-29-39-36-17-8-10-24-44(36)49-46(39)37-18-6-5-16-35(37)43/h3-7,9-16,18-29H,8,17H2,1-2H3. The minimum Gasteiger partial charge on any atom is -0.456 e. The second-order valence-electron chi connectivity index (χ2n) is 14.0. The molecule has 0 spiro atoms. The Morgan fingerprint density at radius 2 is 1.29 bits per heavy atom. The first-order valence-corrected chi connectivity index (χ1v) is 17.3. The number of allylic oxidation sites excluding steroid dienone is 1. The second kappa shape index (κ2) is 10.6. The molecule has 1 heterocycles. The van der Waals surface area contributed by atoms with Gasteiger partial charge in [0.05, 0.1) is 11.4 Å². The van der Waals surface area contributed by atoms with Crippen LogP contribution in [0.15, 0.2) is 150 Å². The Balaban J connectivity index is 1.26. The number of aryl methyl sites for hydroxylation is 1. The number of benzene rings is 7. The van der Waals surface area contributed by atoms with Gasteiger partial charge in [0.2, 0.25) is 0 Å². The Morgan fingerprint density at radius 1 is 0.592 bits per heavy atom. The van der Waals surface area contributed by atoms with Gasteiger partial charge in [-0.05, 0) is 81.8 Å². The van der Waals surface area contributed by atoms with E-state index in [2.05, 4.69) is 170 Å². The molecule has 10 rings (SSSR count). The van der Waals surface area contributed by atoms with Crippen molar-refractivity contribution in [3.63, 3.8) is 0 Å². The first kappa shape index (κ1) is 28.2. The van der Waals surface area contributed by atoms with Gasteiger partial charge in [-0.15, -0.1) is 0 Å². The van der Waals surface area contributed by atoms with E-state index < -0.39 is 0 Å². The molecule has 0 saturated heterocycles. The Bertz CT molecular complexity index is 2630. The molecule has 0 N–H and O–H groups in total. The average molecular weight is 630 g/mol. The summed E-state index contributed by atoms with van der Waals surface area (Å²) in [4.78, 5) is 2.50. The molecule has 234 valence electrons. The number of hydrogen-bond donors (Lipinski definition) is 0. The number of anilines is 3. The van der Waals surface area contributed by atoms with E-state index in [1.807, 2.05) is 0 Å². The first-order chi connectivity index (χ1) is 24.1. The molecule has 0 saturated carbocycles. The second-order valence-corrected chi connectivity index (χ2v) is 14.0. The molecule has 0 amide bonds. The molecule has 1 aromatic heterocycles. The number of fused-ring (bicyclic) bond motifs is 9. The van der Waals surface area contributed by atoms with Crippen LogP contribution in [-0.4, -0.2) is 0 Å². The van der Waals surface area contributed by atoms with Crippen LogP contribution < -0.4 is 4.90 Å². The van der Waals surface area contributed by atoms with Crippen molar-refractivity contribution in [3.05, 3.63) is 168 Å². The van der Waals surface area contributed by atoms with Crippen LogP contribution in [0.2, 0.25) is 0 Å². The molecule has 8 aromatic rings. The molecule has 7 aromatic carbocycles. The Labute approximate surface area is 286 Å². The minimum atomic E-state index is -0.103. The number of furan rings is 1. The molecule has 0 atom stereocenters. The summed E-state index contributed by atoms with van der Waals surface area (Å²) < 4.78 is 6.59. The van der Waals surface area contributed by atoms with Crippen LogP contribution in [0.25, 0.3) is 60.8 Å². The van der Waals surface area contributed by atoms with Crippen LogP contribution >= 0.6 is 0 Å². The van der Waals surface area contributed by atoms with Crippen molar-refractivity contribution >= 4 is 55.7 Å². The summed E-state index contributed by atoms with van der Waals surface area (Å²) in [6.45, 7) is 4.72. The Kier molecular flexibility index (Phi) is 6.08. The maximum atomic E-state index is 6.59. The van der Waals surface area contributed by atoms with Crippen molar-refractivity contribution in [1.82, 2.24) is 0 Å². The lowest BCUT2D eigenvalue weighted by molar-refractivity contribution is 0.598. The fourth-order valence-corrected chi connectivity index (χ4v) is 8.56. The van der Waals surface area contributed by atoms with Gasteiger partial charge in [0.15, 0.2) is 0 Å². The Hall–Kier alpha value is -5.86. The van der Waals surface area contributed by atoms with Gasteiger partial charge < -0.3 is 9.32 Å². The molecular weight excluding hydrogens is 595 g/mol. The molecule has 2 aliphatic rings. The number of rotatable bonds is 4. The molecule has 0 unspecified atom stereocenters. The van der Waals surface area contributed by atoms with Crippen LogP contribution in [0.1, 0.15) is 42.7 Å². The van der Waals surface area contributed by atoms with E-state index in [4.69, 9.17) is 4.42 Å². The van der Waals surface area contributed by atoms with E-state index in [-0.39, 0.29) is 5.41 Å². The van der Waals surface area contributed by atoms with E-state index in [1.54, 1.807) is 0 Å². The van der Waals surface area contributed by atoms with Gasteiger partial charge in [-0.3, -0.25) is 0 Å². The highest BCUT2D eigenvalue weighted by Gasteiger charge is 2.38. The van der Waals surface area contributed by atoms with Gasteiger partial charge in [-0.2, -0.15) is 0 Å². The summed E-state index contributed by atoms with van der Waals surface area (Å²) in [5.41, 5.74) is 13.5. The molecular formula is C47H35NO. The van der Waals surface area contributed by atoms with Crippen molar-refractivity contribution in [1.29, 1.82) is 0 Å². The van der Waals surface area contributed by atoms with Crippen molar-refractivity contribution in [2.45, 2.75) is 32.1 Å². The van der Waals surface area contributed by atoms with Crippen molar-refractivity contribution in [2.75, 3.05) is 4.90 Å². The summed E-state index contributed by atoms with van der Waals surface area (Å²) in [5.74, 6) is 0.992. The van der Waals surface area contributed by atoms with Gasteiger partial charge in [-0.25, -0.2) is 0 Å². The molecule has 2 heteroatoms. The maximum absolute atomic E-state index is 6.59. The van der Waals surface area contributed by atoms with E-state index in [0.29, 0.717) is 0 Å². The molecule has 0 bridgehead atoms. The summed E-state index contributed by atoms with van der Waals surface area (Å²) in [6, 6.07) is 51.4. The lowest BCUT2D eigenvalue weighted by Gasteiger charge is -2.30. The van der Waals surface area contributed by atoms with E-state index in [1.165, 1.54) is 66.2 Å². The highest BCUT2D eigenvalue weighted by Crippen LogP contribution is 2.55. The van der Waals surface area contributed by atoms with E-state index in [0.717, 1.165) is 40.9 Å². The molecule has 0 aliphatic heterocycles. The van der Waals surface area contributed by atoms with Crippen LogP contribution in [-0.2, 0) is 11.8 Å². The van der Waals surface area contributed by atoms with E-state index in [9.17, 15) is 0 Å². The summed E-state index contributed by atoms with van der Waals surface area (Å²) in [7, 11) is 0. The van der Waals surface area contributed by atoms with Gasteiger partial charge in [0.1, 0.15) is 11.3 Å². The molecule has 2 nitrogen and oxygen atoms in total. The van der Waals surface area contributed by atoms with E-state index >= 15 is 0 Å². The third kappa shape index (κ3) is 4.14. The largest absolute Gasteiger partial charge is 0.456 e. The van der Waals surface area contributed by atoms with Gasteiger partial charge in [0.25, 0.3) is 0 Å². The van der Waals surface area contributed by atoms with Crippen molar-refractivity contribution < 1.29 is 4.42 Å². The predicted octanol–water partition coefficient (Wildman–Crippen LogP) is 13.1. The summed E-state index contributed by atoms with van der Waals surface area (Å²) in [6.07, 6.45) is 6.39. The minimum absolute atomic E-state index is 0.103. The topological polar surface area (TPSA) is 16.4 Å². The fourth-order valence-electron chi connectivity index (χ4n) is 8.56. The van der Waals surface area contributed by atoms with Gasteiger partial charge >= 0.3 is 0 Å². The fraction of sp³-hybridized carbons (Fsp3) is 0.106. The van der Waals surface area contributed by atoms with Crippen LogP contribution in [0, 0.1) is 0 Å². The molecule has 0 fully saturated rings. The quantitative estimate of drug-likeness (QED) is 0.193. The lowest BCUT2D eigenvalue weighted by atomic mass is 9.82. The first-order valence-electron chi connectivity index (χ1n) is 17.3. The SMILES string of the molecule is CC1(C)c2ccccc2-c2c(N(c3ccc(-c4cccc5ccccc45)cc3)c3cc4c5c(oc4c4ccccc34)C=CCC5)cccc21. The zero-order chi connectivity index (χ0) is 32.7. The monoisotopic (exact) mass is 629 g/mol. The van der Waals surface area contributed by atoms with Crippen LogP contribution in [0.4, 0.5) is 17.1 Å². The zero-order valence-corrected chi connectivity index (χ0v) is 27.7.